The predicted molar refractivity (Wildman–Crippen MR) is 116 cm³/mol. The molecule has 0 fully saturated rings. The summed E-state index contributed by atoms with van der Waals surface area (Å²) in [6, 6.07) is 11.6. The quantitative estimate of drug-likeness (QED) is 0.159. The first-order valence-electron chi connectivity index (χ1n) is 9.42. The SMILES string of the molecule is NN=Cc1ccc(NC(=O)NCC(C(=O)NCCC(=O)O)c2ccccc2[N+](=O)[O-])cc1. The third-order valence-corrected chi connectivity index (χ3v) is 4.32. The lowest BCUT2D eigenvalue weighted by atomic mass is 9.96. The number of carbonyl (C=O) groups excluding carboxylic acids is 2. The van der Waals surface area contributed by atoms with Crippen molar-refractivity contribution >= 4 is 35.5 Å². The van der Waals surface area contributed by atoms with Gasteiger partial charge in [0.2, 0.25) is 5.91 Å². The van der Waals surface area contributed by atoms with E-state index in [4.69, 9.17) is 10.9 Å². The molecule has 0 spiro atoms. The average Bonchev–Trinajstić information content (AvgIpc) is 2.75. The lowest BCUT2D eigenvalue weighted by molar-refractivity contribution is -0.385. The summed E-state index contributed by atoms with van der Waals surface area (Å²) in [5.41, 5.74) is 0.999. The van der Waals surface area contributed by atoms with Crippen molar-refractivity contribution in [3.8, 4) is 0 Å². The lowest BCUT2D eigenvalue weighted by Gasteiger charge is -2.18. The summed E-state index contributed by atoms with van der Waals surface area (Å²) in [6.45, 7) is -0.413. The van der Waals surface area contributed by atoms with Crippen molar-refractivity contribution in [1.29, 1.82) is 0 Å². The molecule has 0 bridgehead atoms. The highest BCUT2D eigenvalue weighted by atomic mass is 16.6. The van der Waals surface area contributed by atoms with Crippen LogP contribution in [-0.4, -0.2) is 47.2 Å². The Kier molecular flexibility index (Phi) is 8.66. The zero-order chi connectivity index (χ0) is 23.5. The van der Waals surface area contributed by atoms with Crippen molar-refractivity contribution in [2.45, 2.75) is 12.3 Å². The maximum absolute atomic E-state index is 12.6. The van der Waals surface area contributed by atoms with Gasteiger partial charge in [-0.2, -0.15) is 5.10 Å². The Morgan fingerprint density at radius 1 is 1.12 bits per heavy atom. The summed E-state index contributed by atoms with van der Waals surface area (Å²) in [7, 11) is 0. The van der Waals surface area contributed by atoms with Gasteiger partial charge in [-0.15, -0.1) is 0 Å². The van der Waals surface area contributed by atoms with Crippen molar-refractivity contribution in [2.75, 3.05) is 18.4 Å². The zero-order valence-corrected chi connectivity index (χ0v) is 16.9. The minimum Gasteiger partial charge on any atom is -0.481 e. The molecule has 2 rings (SSSR count). The van der Waals surface area contributed by atoms with E-state index in [-0.39, 0.29) is 30.8 Å². The third-order valence-electron chi connectivity index (χ3n) is 4.32. The van der Waals surface area contributed by atoms with E-state index >= 15 is 0 Å². The minimum absolute atomic E-state index is 0.0936. The van der Waals surface area contributed by atoms with E-state index < -0.39 is 28.7 Å². The van der Waals surface area contributed by atoms with Crippen molar-refractivity contribution in [3.05, 3.63) is 69.8 Å². The van der Waals surface area contributed by atoms with Gasteiger partial charge in [-0.3, -0.25) is 19.7 Å². The number of nitrogens with zero attached hydrogens (tertiary/aromatic N) is 2. The number of nitrogens with two attached hydrogens (primary N) is 1. The Morgan fingerprint density at radius 3 is 2.44 bits per heavy atom. The van der Waals surface area contributed by atoms with Crippen molar-refractivity contribution in [2.24, 2.45) is 10.9 Å². The van der Waals surface area contributed by atoms with Crippen molar-refractivity contribution in [1.82, 2.24) is 10.6 Å². The normalized spacial score (nSPS) is 11.5. The second kappa shape index (κ2) is 11.6. The summed E-state index contributed by atoms with van der Waals surface area (Å²) in [5, 5.41) is 31.1. The highest BCUT2D eigenvalue weighted by Gasteiger charge is 2.28. The lowest BCUT2D eigenvalue weighted by Crippen LogP contribution is -2.39. The van der Waals surface area contributed by atoms with Gasteiger partial charge in [-0.05, 0) is 17.7 Å². The van der Waals surface area contributed by atoms with Gasteiger partial charge >= 0.3 is 12.0 Å². The van der Waals surface area contributed by atoms with Gasteiger partial charge < -0.3 is 26.9 Å². The van der Waals surface area contributed by atoms with Gasteiger partial charge in [0.1, 0.15) is 0 Å². The number of carboxylic acid groups (broad SMARTS) is 1. The van der Waals surface area contributed by atoms with Crippen molar-refractivity contribution in [3.63, 3.8) is 0 Å². The van der Waals surface area contributed by atoms with Crippen LogP contribution in [0.15, 0.2) is 53.6 Å². The molecule has 0 radical (unpaired) electrons. The van der Waals surface area contributed by atoms with Crippen LogP contribution in [0.1, 0.15) is 23.5 Å². The van der Waals surface area contributed by atoms with E-state index in [1.165, 1.54) is 30.5 Å². The molecule has 168 valence electrons. The minimum atomic E-state index is -1.11. The molecule has 1 atom stereocenters. The van der Waals surface area contributed by atoms with Crippen LogP contribution < -0.4 is 21.8 Å². The first kappa shape index (κ1) is 23.8. The van der Waals surface area contributed by atoms with E-state index in [0.29, 0.717) is 5.69 Å². The predicted octanol–water partition coefficient (Wildman–Crippen LogP) is 1.38. The maximum Gasteiger partial charge on any atom is 0.319 e. The van der Waals surface area contributed by atoms with E-state index in [9.17, 15) is 24.5 Å². The largest absolute Gasteiger partial charge is 0.481 e. The van der Waals surface area contributed by atoms with Gasteiger partial charge in [0.25, 0.3) is 5.69 Å². The molecule has 6 N–H and O–H groups in total. The number of carboxylic acids is 1. The van der Waals surface area contributed by atoms with Gasteiger partial charge in [0.15, 0.2) is 0 Å². The first-order valence-corrected chi connectivity index (χ1v) is 9.42. The molecule has 32 heavy (non-hydrogen) atoms. The number of aliphatic carboxylic acids is 1. The van der Waals surface area contributed by atoms with Crippen molar-refractivity contribution < 1.29 is 24.4 Å². The Balaban J connectivity index is 2.12. The van der Waals surface area contributed by atoms with Gasteiger partial charge in [0, 0.05) is 30.4 Å². The number of hydrogen-bond donors (Lipinski definition) is 5. The molecule has 0 aliphatic rings. The molecule has 0 aliphatic heterocycles. The molecule has 2 aromatic carbocycles. The number of para-hydroxylation sites is 1. The molecule has 2 aromatic rings. The number of hydrazone groups is 1. The summed E-state index contributed by atoms with van der Waals surface area (Å²) in [4.78, 5) is 46.4. The fourth-order valence-electron chi connectivity index (χ4n) is 2.82. The topological polar surface area (TPSA) is 189 Å². The molecule has 12 nitrogen and oxygen atoms in total. The zero-order valence-electron chi connectivity index (χ0n) is 16.9. The smallest absolute Gasteiger partial charge is 0.319 e. The number of amides is 3. The number of urea groups is 1. The maximum atomic E-state index is 12.6. The summed E-state index contributed by atoms with van der Waals surface area (Å²) >= 11 is 0. The second-order valence-corrected chi connectivity index (χ2v) is 6.54. The molecule has 12 heteroatoms. The standard InChI is InChI=1S/C20H22N6O6/c21-24-11-13-5-7-14(8-6-13)25-20(30)23-12-16(19(29)22-10-9-18(27)28)15-3-1-2-4-17(15)26(31)32/h1-8,11,16H,9-10,12,21H2,(H,22,29)(H,27,28)(H2,23,25,30). The fourth-order valence-corrected chi connectivity index (χ4v) is 2.82. The number of benzene rings is 2. The van der Waals surface area contributed by atoms with Crippen LogP contribution in [0.3, 0.4) is 0 Å². The second-order valence-electron chi connectivity index (χ2n) is 6.54. The number of rotatable bonds is 10. The molecule has 3 amide bonds. The van der Waals surface area contributed by atoms with Crippen LogP contribution in [0.5, 0.6) is 0 Å². The molecule has 0 saturated carbocycles. The van der Waals surface area contributed by atoms with E-state index in [1.807, 2.05) is 0 Å². The molecular weight excluding hydrogens is 420 g/mol. The molecule has 0 saturated heterocycles. The number of hydrogen-bond acceptors (Lipinski definition) is 7. The summed E-state index contributed by atoms with van der Waals surface area (Å²) in [6.07, 6.45) is 1.12. The van der Waals surface area contributed by atoms with Crippen LogP contribution in [0.25, 0.3) is 0 Å². The molecule has 0 aliphatic carbocycles. The van der Waals surface area contributed by atoms with Crippen LogP contribution in [0, 0.1) is 10.1 Å². The molecular formula is C20H22N6O6. The number of nitrogens with one attached hydrogen (secondary N) is 3. The van der Waals surface area contributed by atoms with Crippen LogP contribution in [0.2, 0.25) is 0 Å². The average molecular weight is 442 g/mol. The van der Waals surface area contributed by atoms with Crippen LogP contribution in [-0.2, 0) is 9.59 Å². The monoisotopic (exact) mass is 442 g/mol. The van der Waals surface area contributed by atoms with E-state index in [0.717, 1.165) is 5.56 Å². The molecule has 1 unspecified atom stereocenters. The Labute approximate surface area is 182 Å². The molecule has 0 aromatic heterocycles. The number of nitro groups is 1. The highest BCUT2D eigenvalue weighted by Crippen LogP contribution is 2.26. The summed E-state index contributed by atoms with van der Waals surface area (Å²) in [5.74, 6) is 2.22. The number of nitro benzene ring substituents is 1. The van der Waals surface area contributed by atoms with E-state index in [2.05, 4.69) is 21.1 Å². The first-order chi connectivity index (χ1) is 15.3. The van der Waals surface area contributed by atoms with E-state index in [1.54, 1.807) is 24.3 Å². The number of anilines is 1. The Hall–Kier alpha value is -4.48. The fraction of sp³-hybridized carbons (Fsp3) is 0.200. The number of carbonyl (C=O) groups is 3. The summed E-state index contributed by atoms with van der Waals surface area (Å²) < 4.78 is 0. The van der Waals surface area contributed by atoms with Crippen LogP contribution >= 0.6 is 0 Å². The van der Waals surface area contributed by atoms with Gasteiger partial charge in [0.05, 0.1) is 23.5 Å². The molecule has 0 heterocycles. The van der Waals surface area contributed by atoms with Crippen LogP contribution in [0.4, 0.5) is 16.2 Å². The Morgan fingerprint density at radius 2 is 1.81 bits per heavy atom. The van der Waals surface area contributed by atoms with Gasteiger partial charge in [-0.25, -0.2) is 4.79 Å². The van der Waals surface area contributed by atoms with Gasteiger partial charge in [-0.1, -0.05) is 30.3 Å². The highest BCUT2D eigenvalue weighted by molar-refractivity contribution is 5.91. The Bertz CT molecular complexity index is 1010. The third kappa shape index (κ3) is 7.09.